The minimum absolute atomic E-state index is 0.0214. The summed E-state index contributed by atoms with van der Waals surface area (Å²) in [5.74, 6) is -0.372. The first-order valence-corrected chi connectivity index (χ1v) is 10.7. The van der Waals surface area contributed by atoms with E-state index in [1.54, 1.807) is 11.8 Å². The molecule has 1 fully saturated rings. The predicted molar refractivity (Wildman–Crippen MR) is 111 cm³/mol. The van der Waals surface area contributed by atoms with E-state index in [-0.39, 0.29) is 17.9 Å². The highest BCUT2D eigenvalue weighted by Gasteiger charge is 2.26. The molecule has 2 amide bonds. The first kappa shape index (κ1) is 19.0. The first-order chi connectivity index (χ1) is 13.5. The summed E-state index contributed by atoms with van der Waals surface area (Å²) in [5, 5.41) is 3.92. The van der Waals surface area contributed by atoms with Crippen LogP contribution in [0.25, 0.3) is 10.2 Å². The zero-order valence-electron chi connectivity index (χ0n) is 15.6. The summed E-state index contributed by atoms with van der Waals surface area (Å²) in [6, 6.07) is 7.73. The van der Waals surface area contributed by atoms with Crippen LogP contribution in [0.2, 0.25) is 0 Å². The van der Waals surface area contributed by atoms with Gasteiger partial charge in [0.1, 0.15) is 4.88 Å². The molecule has 1 aromatic carbocycles. The molecule has 0 bridgehead atoms. The molecule has 9 heteroatoms. The summed E-state index contributed by atoms with van der Waals surface area (Å²) >= 11 is 2.64. The van der Waals surface area contributed by atoms with Crippen LogP contribution in [0.5, 0.6) is 0 Å². The van der Waals surface area contributed by atoms with Gasteiger partial charge in [0.05, 0.1) is 28.6 Å². The average Bonchev–Trinajstić information content (AvgIpc) is 3.38. The fourth-order valence-corrected chi connectivity index (χ4v) is 5.00. The Labute approximate surface area is 170 Å². The lowest BCUT2D eigenvalue weighted by Gasteiger charge is -2.21. The van der Waals surface area contributed by atoms with Gasteiger partial charge in [-0.2, -0.15) is 0 Å². The van der Waals surface area contributed by atoms with Crippen molar-refractivity contribution < 1.29 is 14.3 Å². The molecule has 3 aromatic rings. The van der Waals surface area contributed by atoms with E-state index in [0.717, 1.165) is 29.7 Å². The lowest BCUT2D eigenvalue weighted by Crippen LogP contribution is -2.35. The Balaban J connectivity index is 1.53. The zero-order valence-corrected chi connectivity index (χ0v) is 17.2. The fraction of sp³-hybridized carbons (Fsp3) is 0.368. The maximum Gasteiger partial charge on any atom is 0.269 e. The highest BCUT2D eigenvalue weighted by Crippen LogP contribution is 2.30. The Morgan fingerprint density at radius 1 is 1.29 bits per heavy atom. The van der Waals surface area contributed by atoms with E-state index in [2.05, 4.69) is 15.3 Å². The topological polar surface area (TPSA) is 84.4 Å². The predicted octanol–water partition coefficient (Wildman–Crippen LogP) is 3.85. The Morgan fingerprint density at radius 3 is 2.82 bits per heavy atom. The van der Waals surface area contributed by atoms with Crippen molar-refractivity contribution in [3.05, 3.63) is 34.8 Å². The van der Waals surface area contributed by atoms with Gasteiger partial charge in [-0.3, -0.25) is 19.8 Å². The van der Waals surface area contributed by atoms with Crippen molar-refractivity contribution in [1.29, 1.82) is 0 Å². The number of fused-ring (bicyclic) bond motifs is 1. The van der Waals surface area contributed by atoms with Crippen molar-refractivity contribution in [1.82, 2.24) is 9.97 Å². The normalized spacial score (nSPS) is 16.4. The number of aromatic nitrogens is 2. The second-order valence-corrected chi connectivity index (χ2v) is 8.62. The molecule has 3 heterocycles. The Bertz CT molecular complexity index is 990. The van der Waals surface area contributed by atoms with E-state index in [9.17, 15) is 9.59 Å². The number of carbonyl (C=O) groups excluding carboxylic acids is 2. The molecule has 0 spiro atoms. The van der Waals surface area contributed by atoms with Gasteiger partial charge in [-0.25, -0.2) is 9.97 Å². The second kappa shape index (κ2) is 7.94. The van der Waals surface area contributed by atoms with Crippen molar-refractivity contribution in [3.63, 3.8) is 0 Å². The van der Waals surface area contributed by atoms with Gasteiger partial charge < -0.3 is 4.74 Å². The molecule has 1 aliphatic heterocycles. The van der Waals surface area contributed by atoms with Gasteiger partial charge in [0.25, 0.3) is 5.91 Å². The number of anilines is 2. The molecule has 0 saturated carbocycles. The van der Waals surface area contributed by atoms with Crippen molar-refractivity contribution in [2.45, 2.75) is 32.8 Å². The minimum Gasteiger partial charge on any atom is -0.376 e. The highest BCUT2D eigenvalue weighted by atomic mass is 32.1. The number of benzene rings is 1. The molecule has 0 radical (unpaired) electrons. The monoisotopic (exact) mass is 416 g/mol. The van der Waals surface area contributed by atoms with Gasteiger partial charge in [-0.15, -0.1) is 0 Å². The number of hydrogen-bond acceptors (Lipinski definition) is 7. The summed E-state index contributed by atoms with van der Waals surface area (Å²) < 4.78 is 6.66. The SMILES string of the molecule is CC(=O)N(C[C@@H]1CCCO1)c1nc(C)c(C(=O)Nc2nc3ccccc3s2)s1. The van der Waals surface area contributed by atoms with Gasteiger partial charge in [0, 0.05) is 13.5 Å². The number of thiazole rings is 2. The molecule has 1 atom stereocenters. The Kier molecular flexibility index (Phi) is 5.38. The van der Waals surface area contributed by atoms with E-state index in [1.165, 1.54) is 29.6 Å². The molecule has 28 heavy (non-hydrogen) atoms. The molecule has 7 nitrogen and oxygen atoms in total. The van der Waals surface area contributed by atoms with Crippen LogP contribution in [0.1, 0.15) is 35.1 Å². The number of ether oxygens (including phenoxy) is 1. The van der Waals surface area contributed by atoms with Crippen molar-refractivity contribution >= 4 is 55.0 Å². The Morgan fingerprint density at radius 2 is 2.11 bits per heavy atom. The molecule has 1 aliphatic rings. The zero-order chi connectivity index (χ0) is 19.7. The number of amides is 2. The van der Waals surface area contributed by atoms with Gasteiger partial charge >= 0.3 is 0 Å². The highest BCUT2D eigenvalue weighted by molar-refractivity contribution is 7.22. The summed E-state index contributed by atoms with van der Waals surface area (Å²) in [7, 11) is 0. The van der Waals surface area contributed by atoms with Crippen molar-refractivity contribution in [3.8, 4) is 0 Å². The molecule has 1 saturated heterocycles. The number of hydrogen-bond donors (Lipinski definition) is 1. The van der Waals surface area contributed by atoms with Crippen LogP contribution < -0.4 is 10.2 Å². The lowest BCUT2D eigenvalue weighted by atomic mass is 10.2. The van der Waals surface area contributed by atoms with E-state index < -0.39 is 0 Å². The molecule has 1 N–H and O–H groups in total. The molecule has 0 aliphatic carbocycles. The van der Waals surface area contributed by atoms with Gasteiger partial charge in [-0.1, -0.05) is 34.8 Å². The van der Waals surface area contributed by atoms with Gasteiger partial charge in [0.2, 0.25) is 5.91 Å². The third-order valence-electron chi connectivity index (χ3n) is 4.53. The second-order valence-electron chi connectivity index (χ2n) is 6.62. The van der Waals surface area contributed by atoms with Crippen LogP contribution in [0.3, 0.4) is 0 Å². The number of carbonyl (C=O) groups is 2. The number of nitrogens with zero attached hydrogens (tertiary/aromatic N) is 3. The maximum absolute atomic E-state index is 12.8. The third-order valence-corrected chi connectivity index (χ3v) is 6.66. The quantitative estimate of drug-likeness (QED) is 0.683. The number of aryl methyl sites for hydroxylation is 1. The molecule has 4 rings (SSSR count). The molecule has 2 aromatic heterocycles. The largest absolute Gasteiger partial charge is 0.376 e. The van der Waals surface area contributed by atoms with Crippen LogP contribution in [0, 0.1) is 6.92 Å². The summed E-state index contributed by atoms with van der Waals surface area (Å²) in [6.45, 7) is 4.47. The maximum atomic E-state index is 12.8. The summed E-state index contributed by atoms with van der Waals surface area (Å²) in [5.41, 5.74) is 1.45. The summed E-state index contributed by atoms with van der Waals surface area (Å²) in [4.78, 5) is 35.9. The number of nitrogens with one attached hydrogen (secondary N) is 1. The Hall–Kier alpha value is -2.36. The van der Waals surface area contributed by atoms with E-state index in [4.69, 9.17) is 4.74 Å². The molecular weight excluding hydrogens is 396 g/mol. The average molecular weight is 417 g/mol. The number of para-hydroxylation sites is 1. The third kappa shape index (κ3) is 3.91. The summed E-state index contributed by atoms with van der Waals surface area (Å²) in [6.07, 6.45) is 1.95. The fourth-order valence-electron chi connectivity index (χ4n) is 3.12. The van der Waals surface area contributed by atoms with Crippen LogP contribution in [0.4, 0.5) is 10.3 Å². The molecule has 146 valence electrons. The van der Waals surface area contributed by atoms with Crippen LogP contribution in [-0.4, -0.2) is 41.0 Å². The van der Waals surface area contributed by atoms with Crippen LogP contribution in [0.15, 0.2) is 24.3 Å². The van der Waals surface area contributed by atoms with Gasteiger partial charge in [0.15, 0.2) is 10.3 Å². The number of rotatable bonds is 5. The minimum atomic E-state index is -0.263. The van der Waals surface area contributed by atoms with E-state index in [0.29, 0.717) is 27.4 Å². The smallest absolute Gasteiger partial charge is 0.269 e. The van der Waals surface area contributed by atoms with Crippen molar-refractivity contribution in [2.75, 3.05) is 23.4 Å². The van der Waals surface area contributed by atoms with Crippen LogP contribution >= 0.6 is 22.7 Å². The lowest BCUT2D eigenvalue weighted by molar-refractivity contribution is -0.116. The molecule has 0 unspecified atom stereocenters. The molecular formula is C19H20N4O3S2. The standard InChI is InChI=1S/C19H20N4O3S2/c1-11-16(17(25)22-18-21-14-7-3-4-8-15(14)27-18)28-19(20-11)23(12(2)24)10-13-6-5-9-26-13/h3-4,7-8,13H,5-6,9-10H2,1-2H3,(H,21,22,25)/t13-/m0/s1. The van der Waals surface area contributed by atoms with E-state index >= 15 is 0 Å². The van der Waals surface area contributed by atoms with Crippen molar-refractivity contribution in [2.24, 2.45) is 0 Å². The van der Waals surface area contributed by atoms with Gasteiger partial charge in [-0.05, 0) is 31.9 Å². The first-order valence-electron chi connectivity index (χ1n) is 9.05. The van der Waals surface area contributed by atoms with E-state index in [1.807, 2.05) is 24.3 Å². The van der Waals surface area contributed by atoms with Crippen LogP contribution in [-0.2, 0) is 9.53 Å².